The van der Waals surface area contributed by atoms with E-state index in [1.54, 1.807) is 8.61 Å². The summed E-state index contributed by atoms with van der Waals surface area (Å²) in [5.41, 5.74) is 0. The molecule has 0 aromatic heterocycles. The van der Waals surface area contributed by atoms with Crippen LogP contribution in [0.4, 0.5) is 0 Å². The summed E-state index contributed by atoms with van der Waals surface area (Å²) in [5.74, 6) is 0.434. The van der Waals surface area contributed by atoms with Gasteiger partial charge in [0.1, 0.15) is 0 Å². The monoisotopic (exact) mass is 303 g/mol. The molecule has 0 amide bonds. The maximum absolute atomic E-state index is 12.7. The molecule has 2 fully saturated rings. The van der Waals surface area contributed by atoms with Crippen molar-refractivity contribution in [1.82, 2.24) is 13.9 Å². The molecule has 2 aliphatic heterocycles. The number of hydrogen-bond donors (Lipinski definition) is 1. The van der Waals surface area contributed by atoms with Crippen LogP contribution in [0.25, 0.3) is 0 Å². The van der Waals surface area contributed by atoms with Gasteiger partial charge in [0.25, 0.3) is 10.2 Å². The van der Waals surface area contributed by atoms with E-state index in [4.69, 9.17) is 0 Å². The average Bonchev–Trinajstić information content (AvgIpc) is 2.48. The van der Waals surface area contributed by atoms with Gasteiger partial charge in [0, 0.05) is 32.2 Å². The van der Waals surface area contributed by atoms with Crippen molar-refractivity contribution in [3.8, 4) is 0 Å². The van der Waals surface area contributed by atoms with Crippen LogP contribution in [0.3, 0.4) is 0 Å². The Bertz CT molecular complexity index is 393. The lowest BCUT2D eigenvalue weighted by molar-refractivity contribution is 0.191. The van der Waals surface area contributed by atoms with Gasteiger partial charge in [0.15, 0.2) is 0 Å². The lowest BCUT2D eigenvalue weighted by atomic mass is 9.91. The predicted molar refractivity (Wildman–Crippen MR) is 81.8 cm³/mol. The van der Waals surface area contributed by atoms with Gasteiger partial charge in [-0.1, -0.05) is 26.7 Å². The van der Waals surface area contributed by atoms with E-state index in [1.165, 1.54) is 0 Å². The van der Waals surface area contributed by atoms with Crippen molar-refractivity contribution < 1.29 is 8.42 Å². The third-order valence-corrected chi connectivity index (χ3v) is 6.66. The summed E-state index contributed by atoms with van der Waals surface area (Å²) in [5, 5.41) is 3.50. The molecule has 2 saturated heterocycles. The van der Waals surface area contributed by atoms with Crippen molar-refractivity contribution in [2.45, 2.75) is 52.0 Å². The smallest absolute Gasteiger partial charge is 0.281 e. The molecular formula is C14H29N3O2S. The maximum Gasteiger partial charge on any atom is 0.281 e. The van der Waals surface area contributed by atoms with Crippen LogP contribution in [-0.4, -0.2) is 55.8 Å². The van der Waals surface area contributed by atoms with Gasteiger partial charge in [0.05, 0.1) is 0 Å². The first-order valence-corrected chi connectivity index (χ1v) is 9.47. The predicted octanol–water partition coefficient (Wildman–Crippen LogP) is 1.43. The summed E-state index contributed by atoms with van der Waals surface area (Å²) in [6.45, 7) is 7.97. The Morgan fingerprint density at radius 2 is 1.75 bits per heavy atom. The summed E-state index contributed by atoms with van der Waals surface area (Å²) < 4.78 is 28.8. The number of hydrogen-bond acceptors (Lipinski definition) is 3. The second-order valence-electron chi connectivity index (χ2n) is 5.95. The molecule has 2 heterocycles. The highest BCUT2D eigenvalue weighted by Gasteiger charge is 2.36. The van der Waals surface area contributed by atoms with Crippen LogP contribution in [0.5, 0.6) is 0 Å². The molecule has 0 aromatic rings. The molecule has 0 aliphatic carbocycles. The SMILES string of the molecule is CCNC1CCN(S(=O)(=O)N2CCCCC2)CC1CC. The van der Waals surface area contributed by atoms with E-state index in [9.17, 15) is 8.42 Å². The average molecular weight is 303 g/mol. The second-order valence-corrected chi connectivity index (χ2v) is 7.88. The topological polar surface area (TPSA) is 52.7 Å². The molecule has 6 heteroatoms. The van der Waals surface area contributed by atoms with Crippen LogP contribution >= 0.6 is 0 Å². The molecule has 5 nitrogen and oxygen atoms in total. The Labute approximate surface area is 123 Å². The van der Waals surface area contributed by atoms with Crippen LogP contribution < -0.4 is 5.32 Å². The Hall–Kier alpha value is -0.170. The van der Waals surface area contributed by atoms with Gasteiger partial charge in [0.2, 0.25) is 0 Å². The minimum absolute atomic E-state index is 0.434. The number of nitrogens with zero attached hydrogens (tertiary/aromatic N) is 2. The summed E-state index contributed by atoms with van der Waals surface area (Å²) in [6.07, 6.45) is 5.13. The van der Waals surface area contributed by atoms with Crippen molar-refractivity contribution in [1.29, 1.82) is 0 Å². The Morgan fingerprint density at radius 3 is 2.35 bits per heavy atom. The van der Waals surface area contributed by atoms with Crippen LogP contribution in [0.2, 0.25) is 0 Å². The summed E-state index contributed by atoms with van der Waals surface area (Å²) in [7, 11) is -3.23. The van der Waals surface area contributed by atoms with Crippen molar-refractivity contribution in [2.24, 2.45) is 5.92 Å². The van der Waals surface area contributed by atoms with Crippen LogP contribution in [0.15, 0.2) is 0 Å². The zero-order valence-electron chi connectivity index (χ0n) is 12.8. The standard InChI is InChI=1S/C14H29N3O2S/c1-3-13-12-17(11-8-14(13)15-4-2)20(18,19)16-9-6-5-7-10-16/h13-15H,3-12H2,1-2H3. The Balaban J connectivity index is 2.02. The first-order chi connectivity index (χ1) is 9.59. The van der Waals surface area contributed by atoms with Gasteiger partial charge >= 0.3 is 0 Å². The van der Waals surface area contributed by atoms with E-state index < -0.39 is 10.2 Å². The third kappa shape index (κ3) is 3.53. The van der Waals surface area contributed by atoms with E-state index in [0.29, 0.717) is 38.1 Å². The third-order valence-electron chi connectivity index (χ3n) is 4.65. The Kier molecular flexibility index (Phi) is 5.84. The maximum atomic E-state index is 12.7. The molecule has 118 valence electrons. The van der Waals surface area contributed by atoms with Crippen molar-refractivity contribution in [3.63, 3.8) is 0 Å². The highest BCUT2D eigenvalue weighted by Crippen LogP contribution is 2.25. The van der Waals surface area contributed by atoms with Gasteiger partial charge in [-0.3, -0.25) is 0 Å². The van der Waals surface area contributed by atoms with Gasteiger partial charge in [-0.2, -0.15) is 17.0 Å². The normalized spacial score (nSPS) is 30.5. The van der Waals surface area contributed by atoms with Gasteiger partial charge in [-0.25, -0.2) is 0 Å². The molecule has 0 aromatic carbocycles. The second kappa shape index (κ2) is 7.20. The first-order valence-electron chi connectivity index (χ1n) is 8.08. The lowest BCUT2D eigenvalue weighted by Gasteiger charge is -2.40. The molecule has 2 aliphatic rings. The van der Waals surface area contributed by atoms with Crippen molar-refractivity contribution >= 4 is 10.2 Å². The summed E-state index contributed by atoms with van der Waals surface area (Å²) in [4.78, 5) is 0. The highest BCUT2D eigenvalue weighted by atomic mass is 32.2. The van der Waals surface area contributed by atoms with Gasteiger partial charge in [-0.05, 0) is 31.7 Å². The number of piperidine rings is 2. The molecule has 0 radical (unpaired) electrons. The van der Waals surface area contributed by atoms with Crippen LogP contribution in [0, 0.1) is 5.92 Å². The number of nitrogens with one attached hydrogen (secondary N) is 1. The van der Waals surface area contributed by atoms with E-state index in [2.05, 4.69) is 19.2 Å². The molecule has 20 heavy (non-hydrogen) atoms. The van der Waals surface area contributed by atoms with E-state index in [1.807, 2.05) is 0 Å². The van der Waals surface area contributed by atoms with E-state index >= 15 is 0 Å². The quantitative estimate of drug-likeness (QED) is 0.836. The molecule has 2 rings (SSSR count). The molecule has 0 bridgehead atoms. The first kappa shape index (κ1) is 16.2. The number of rotatable bonds is 5. The fraction of sp³-hybridized carbons (Fsp3) is 1.00. The minimum atomic E-state index is -3.23. The van der Waals surface area contributed by atoms with Crippen LogP contribution in [-0.2, 0) is 10.2 Å². The molecule has 1 N–H and O–H groups in total. The fourth-order valence-electron chi connectivity index (χ4n) is 3.41. The van der Waals surface area contributed by atoms with Crippen molar-refractivity contribution in [3.05, 3.63) is 0 Å². The Morgan fingerprint density at radius 1 is 1.05 bits per heavy atom. The minimum Gasteiger partial charge on any atom is -0.314 e. The largest absolute Gasteiger partial charge is 0.314 e. The molecule has 2 unspecified atom stereocenters. The van der Waals surface area contributed by atoms with E-state index in [-0.39, 0.29) is 0 Å². The summed E-state index contributed by atoms with van der Waals surface area (Å²) >= 11 is 0. The summed E-state index contributed by atoms with van der Waals surface area (Å²) in [6, 6.07) is 0.470. The van der Waals surface area contributed by atoms with Gasteiger partial charge < -0.3 is 5.32 Å². The van der Waals surface area contributed by atoms with E-state index in [0.717, 1.165) is 38.6 Å². The van der Waals surface area contributed by atoms with Gasteiger partial charge in [-0.15, -0.1) is 0 Å². The molecule has 2 atom stereocenters. The van der Waals surface area contributed by atoms with Crippen molar-refractivity contribution in [2.75, 3.05) is 32.7 Å². The molecule has 0 spiro atoms. The molecule has 0 saturated carbocycles. The zero-order valence-corrected chi connectivity index (χ0v) is 13.7. The highest BCUT2D eigenvalue weighted by molar-refractivity contribution is 7.86. The van der Waals surface area contributed by atoms with Crippen LogP contribution in [0.1, 0.15) is 46.0 Å². The zero-order chi connectivity index (χ0) is 14.6. The molecular weight excluding hydrogens is 274 g/mol. The fourth-order valence-corrected chi connectivity index (χ4v) is 5.17. The lowest BCUT2D eigenvalue weighted by Crippen LogP contribution is -2.54.